The zero-order valence-electron chi connectivity index (χ0n) is 12.1. The molecule has 0 unspecified atom stereocenters. The molecule has 0 radical (unpaired) electrons. The number of thiophene rings is 1. The van der Waals surface area contributed by atoms with E-state index in [1.54, 1.807) is 0 Å². The highest BCUT2D eigenvalue weighted by Gasteiger charge is 2.26. The molecule has 0 fully saturated rings. The molecule has 0 aliphatic carbocycles. The predicted octanol–water partition coefficient (Wildman–Crippen LogP) is 2.91. The van der Waals surface area contributed by atoms with Gasteiger partial charge in [0.25, 0.3) is 0 Å². The zero-order valence-corrected chi connectivity index (χ0v) is 13.7. The number of nitrogens with zero attached hydrogens (tertiary/aromatic N) is 1. The lowest BCUT2D eigenvalue weighted by atomic mass is 10.2. The Morgan fingerprint density at radius 3 is 2.52 bits per heavy atom. The second kappa shape index (κ2) is 5.75. The highest BCUT2D eigenvalue weighted by atomic mass is 32.2. The maximum Gasteiger partial charge on any atom is 0.246 e. The summed E-state index contributed by atoms with van der Waals surface area (Å²) in [7, 11) is -2.49. The molecule has 0 aliphatic heterocycles. The van der Waals surface area contributed by atoms with Crippen LogP contribution in [-0.4, -0.2) is 19.8 Å². The lowest BCUT2D eigenvalue weighted by molar-refractivity contribution is 0.461. The average Bonchev–Trinajstić information content (AvgIpc) is 2.79. The van der Waals surface area contributed by atoms with E-state index in [4.69, 9.17) is 5.73 Å². The molecule has 2 N–H and O–H groups in total. The Balaban J connectivity index is 2.40. The van der Waals surface area contributed by atoms with E-state index in [2.05, 4.69) is 0 Å². The molecule has 1 aromatic carbocycles. The summed E-state index contributed by atoms with van der Waals surface area (Å²) >= 11 is 1.48. The van der Waals surface area contributed by atoms with Crippen molar-refractivity contribution >= 4 is 27.0 Å². The number of hydrogen-bond acceptors (Lipinski definition) is 4. The molecule has 1 aromatic heterocycles. The molecule has 0 amide bonds. The van der Waals surface area contributed by atoms with Crippen LogP contribution >= 0.6 is 11.3 Å². The largest absolute Gasteiger partial charge is 0.399 e. The predicted molar refractivity (Wildman–Crippen MR) is 83.3 cm³/mol. The average molecular weight is 328 g/mol. The minimum atomic E-state index is -3.92. The summed E-state index contributed by atoms with van der Waals surface area (Å²) in [6.45, 7) is 3.62. The van der Waals surface area contributed by atoms with Crippen LogP contribution in [0.1, 0.15) is 16.0 Å². The van der Waals surface area contributed by atoms with Crippen LogP contribution in [0.15, 0.2) is 28.5 Å². The summed E-state index contributed by atoms with van der Waals surface area (Å²) in [6, 6.07) is 4.50. The zero-order chi connectivity index (χ0) is 15.8. The van der Waals surface area contributed by atoms with Gasteiger partial charge >= 0.3 is 0 Å². The van der Waals surface area contributed by atoms with Gasteiger partial charge in [0.15, 0.2) is 0 Å². The van der Waals surface area contributed by atoms with Gasteiger partial charge in [0.2, 0.25) is 10.0 Å². The molecule has 0 saturated heterocycles. The van der Waals surface area contributed by atoms with E-state index in [9.17, 15) is 12.8 Å². The van der Waals surface area contributed by atoms with Crippen LogP contribution in [0.25, 0.3) is 0 Å². The highest BCUT2D eigenvalue weighted by Crippen LogP contribution is 2.26. The van der Waals surface area contributed by atoms with Crippen LogP contribution in [0.2, 0.25) is 0 Å². The van der Waals surface area contributed by atoms with Gasteiger partial charge < -0.3 is 5.73 Å². The van der Waals surface area contributed by atoms with Crippen LogP contribution in [0.5, 0.6) is 0 Å². The highest BCUT2D eigenvalue weighted by molar-refractivity contribution is 7.89. The van der Waals surface area contributed by atoms with Crippen LogP contribution in [0.3, 0.4) is 0 Å². The number of nitrogens with two attached hydrogens (primary N) is 1. The van der Waals surface area contributed by atoms with Gasteiger partial charge in [-0.15, -0.1) is 11.3 Å². The third-order valence-corrected chi connectivity index (χ3v) is 6.08. The summed E-state index contributed by atoms with van der Waals surface area (Å²) in [4.78, 5) is 0.554. The monoisotopic (exact) mass is 328 g/mol. The number of sulfonamides is 1. The summed E-state index contributed by atoms with van der Waals surface area (Å²) in [5.74, 6) is -0.751. The van der Waals surface area contributed by atoms with E-state index in [1.165, 1.54) is 31.4 Å². The third-order valence-electron chi connectivity index (χ3n) is 3.27. The van der Waals surface area contributed by atoms with Crippen LogP contribution in [0, 0.1) is 19.7 Å². The number of nitrogen functional groups attached to an aromatic ring is 1. The number of halogens is 1. The first-order valence-corrected chi connectivity index (χ1v) is 8.60. The molecule has 7 heteroatoms. The Labute approximate surface area is 128 Å². The van der Waals surface area contributed by atoms with E-state index in [0.717, 1.165) is 20.8 Å². The molecule has 114 valence electrons. The van der Waals surface area contributed by atoms with Crippen LogP contribution < -0.4 is 5.73 Å². The fourth-order valence-corrected chi connectivity index (χ4v) is 4.32. The molecule has 0 saturated carbocycles. The minimum Gasteiger partial charge on any atom is -0.399 e. The Bertz CT molecular complexity index is 769. The number of hydrogen-bond donors (Lipinski definition) is 1. The lowest BCUT2D eigenvalue weighted by Crippen LogP contribution is -2.27. The molecule has 21 heavy (non-hydrogen) atoms. The van der Waals surface area contributed by atoms with Crippen molar-refractivity contribution in [2.75, 3.05) is 12.8 Å². The number of benzene rings is 1. The van der Waals surface area contributed by atoms with Gasteiger partial charge in [-0.3, -0.25) is 0 Å². The second-order valence-corrected chi connectivity index (χ2v) is 7.95. The van der Waals surface area contributed by atoms with Gasteiger partial charge in [-0.2, -0.15) is 4.31 Å². The van der Waals surface area contributed by atoms with Crippen molar-refractivity contribution in [1.82, 2.24) is 4.31 Å². The van der Waals surface area contributed by atoms with E-state index >= 15 is 0 Å². The third kappa shape index (κ3) is 3.09. The van der Waals surface area contributed by atoms with Crippen LogP contribution in [0.4, 0.5) is 10.1 Å². The van der Waals surface area contributed by atoms with E-state index < -0.39 is 15.8 Å². The quantitative estimate of drug-likeness (QED) is 0.878. The second-order valence-electron chi connectivity index (χ2n) is 4.94. The van der Waals surface area contributed by atoms with E-state index in [-0.39, 0.29) is 22.7 Å². The number of aryl methyl sites for hydroxylation is 2. The fraction of sp³-hybridized carbons (Fsp3) is 0.286. The first-order chi connectivity index (χ1) is 9.73. The lowest BCUT2D eigenvalue weighted by Gasteiger charge is -2.18. The van der Waals surface area contributed by atoms with Gasteiger partial charge in [0.1, 0.15) is 10.7 Å². The molecule has 0 spiro atoms. The molecular weight excluding hydrogens is 311 g/mol. The van der Waals surface area contributed by atoms with Crippen molar-refractivity contribution < 1.29 is 12.8 Å². The minimum absolute atomic E-state index is 0.207. The molecule has 1 heterocycles. The van der Waals surface area contributed by atoms with Crippen molar-refractivity contribution in [3.05, 3.63) is 45.4 Å². The van der Waals surface area contributed by atoms with Gasteiger partial charge in [0, 0.05) is 24.2 Å². The molecule has 0 bridgehead atoms. The first-order valence-electron chi connectivity index (χ1n) is 6.28. The molecule has 0 aliphatic rings. The van der Waals surface area contributed by atoms with Crippen LogP contribution in [-0.2, 0) is 16.6 Å². The normalized spacial score (nSPS) is 12.0. The molecule has 2 aromatic rings. The van der Waals surface area contributed by atoms with Gasteiger partial charge in [-0.1, -0.05) is 0 Å². The van der Waals surface area contributed by atoms with Gasteiger partial charge in [-0.05, 0) is 48.6 Å². The van der Waals surface area contributed by atoms with Crippen molar-refractivity contribution in [3.63, 3.8) is 0 Å². The standard InChI is InChI=1S/C14H17FN2O2S2/c1-9-4-5-20-12(9)8-17(3)21(18,19)13-7-11(16)6-10(2)14(13)15/h4-7H,8,16H2,1-3H3. The van der Waals surface area contributed by atoms with Crippen molar-refractivity contribution in [2.24, 2.45) is 0 Å². The molecule has 0 atom stereocenters. The van der Waals surface area contributed by atoms with E-state index in [1.807, 2.05) is 18.4 Å². The van der Waals surface area contributed by atoms with Gasteiger partial charge in [-0.25, -0.2) is 12.8 Å². The fourth-order valence-electron chi connectivity index (χ4n) is 1.97. The van der Waals surface area contributed by atoms with Crippen molar-refractivity contribution in [1.29, 1.82) is 0 Å². The summed E-state index contributed by atoms with van der Waals surface area (Å²) in [6.07, 6.45) is 0. The SMILES string of the molecule is Cc1ccsc1CN(C)S(=O)(=O)c1cc(N)cc(C)c1F. The maximum atomic E-state index is 14.1. The first kappa shape index (κ1) is 15.9. The Morgan fingerprint density at radius 1 is 1.29 bits per heavy atom. The topological polar surface area (TPSA) is 63.4 Å². The number of rotatable bonds is 4. The smallest absolute Gasteiger partial charge is 0.246 e. The van der Waals surface area contributed by atoms with Gasteiger partial charge in [0.05, 0.1) is 0 Å². The Hall–Kier alpha value is -1.44. The molecule has 4 nitrogen and oxygen atoms in total. The van der Waals surface area contributed by atoms with Crippen molar-refractivity contribution in [3.8, 4) is 0 Å². The number of anilines is 1. The summed E-state index contributed by atoms with van der Waals surface area (Å²) < 4.78 is 40.3. The molecule has 2 rings (SSSR count). The van der Waals surface area contributed by atoms with E-state index in [0.29, 0.717) is 0 Å². The Morgan fingerprint density at radius 2 is 1.95 bits per heavy atom. The summed E-state index contributed by atoms with van der Waals surface area (Å²) in [5, 5.41) is 1.90. The van der Waals surface area contributed by atoms with Crippen molar-refractivity contribution in [2.45, 2.75) is 25.3 Å². The Kier molecular flexibility index (Phi) is 4.36. The molecular formula is C14H17FN2O2S2. The maximum absolute atomic E-state index is 14.1. The summed E-state index contributed by atoms with van der Waals surface area (Å²) in [5.41, 5.74) is 7.10.